The van der Waals surface area contributed by atoms with Gasteiger partial charge in [-0.15, -0.1) is 0 Å². The molecular weight excluding hydrogens is 262 g/mol. The zero-order chi connectivity index (χ0) is 14.8. The third-order valence-electron chi connectivity index (χ3n) is 3.38. The van der Waals surface area contributed by atoms with Gasteiger partial charge in [-0.25, -0.2) is 4.68 Å². The van der Waals surface area contributed by atoms with Crippen molar-refractivity contribution in [3.8, 4) is 22.7 Å². The minimum atomic E-state index is 0.608. The van der Waals surface area contributed by atoms with E-state index in [-0.39, 0.29) is 0 Å². The summed E-state index contributed by atoms with van der Waals surface area (Å²) in [6.07, 6.45) is 0. The number of rotatable bonds is 3. The van der Waals surface area contributed by atoms with Crippen molar-refractivity contribution in [2.45, 2.75) is 6.92 Å². The van der Waals surface area contributed by atoms with E-state index in [1.165, 1.54) is 5.56 Å². The number of nitrogens with two attached hydrogens (primary N) is 1. The topological polar surface area (TPSA) is 53.1 Å². The molecule has 0 aliphatic rings. The van der Waals surface area contributed by atoms with Crippen LogP contribution in [0.1, 0.15) is 5.56 Å². The second-order valence-electron chi connectivity index (χ2n) is 4.93. The van der Waals surface area contributed by atoms with E-state index in [1.54, 1.807) is 11.8 Å². The first-order chi connectivity index (χ1) is 10.2. The van der Waals surface area contributed by atoms with Crippen molar-refractivity contribution in [1.29, 1.82) is 0 Å². The summed E-state index contributed by atoms with van der Waals surface area (Å²) in [4.78, 5) is 0. The summed E-state index contributed by atoms with van der Waals surface area (Å²) in [5.41, 5.74) is 10.1. The highest BCUT2D eigenvalue weighted by Gasteiger charge is 2.09. The first-order valence-electron chi connectivity index (χ1n) is 6.74. The van der Waals surface area contributed by atoms with Crippen molar-refractivity contribution in [3.05, 3.63) is 60.2 Å². The van der Waals surface area contributed by atoms with Gasteiger partial charge in [-0.3, -0.25) is 0 Å². The molecule has 0 fully saturated rings. The highest BCUT2D eigenvalue weighted by molar-refractivity contribution is 5.65. The molecule has 3 aromatic rings. The molecule has 0 aliphatic carbocycles. The van der Waals surface area contributed by atoms with Gasteiger partial charge < -0.3 is 10.5 Å². The van der Waals surface area contributed by atoms with Gasteiger partial charge in [0.05, 0.1) is 18.5 Å². The summed E-state index contributed by atoms with van der Waals surface area (Å²) < 4.78 is 6.99. The average molecular weight is 279 g/mol. The summed E-state index contributed by atoms with van der Waals surface area (Å²) in [5.74, 6) is 1.41. The van der Waals surface area contributed by atoms with E-state index in [4.69, 9.17) is 10.5 Å². The molecular formula is C17H17N3O. The molecule has 0 aliphatic heterocycles. The van der Waals surface area contributed by atoms with Crippen molar-refractivity contribution in [1.82, 2.24) is 9.78 Å². The quantitative estimate of drug-likeness (QED) is 0.799. The van der Waals surface area contributed by atoms with E-state index < -0.39 is 0 Å². The Kier molecular flexibility index (Phi) is 3.36. The van der Waals surface area contributed by atoms with Gasteiger partial charge in [0.1, 0.15) is 11.6 Å². The minimum Gasteiger partial charge on any atom is -0.497 e. The molecule has 21 heavy (non-hydrogen) atoms. The highest BCUT2D eigenvalue weighted by atomic mass is 16.5. The molecule has 0 saturated carbocycles. The molecule has 0 bridgehead atoms. The van der Waals surface area contributed by atoms with Crippen LogP contribution in [0.3, 0.4) is 0 Å². The molecule has 1 aromatic heterocycles. The smallest absolute Gasteiger partial charge is 0.127 e. The van der Waals surface area contributed by atoms with Crippen molar-refractivity contribution in [2.75, 3.05) is 12.8 Å². The lowest BCUT2D eigenvalue weighted by atomic mass is 10.1. The number of aryl methyl sites for hydroxylation is 1. The number of nitrogens with zero attached hydrogens (tertiary/aromatic N) is 2. The van der Waals surface area contributed by atoms with Crippen LogP contribution in [-0.2, 0) is 0 Å². The van der Waals surface area contributed by atoms with E-state index in [9.17, 15) is 0 Å². The highest BCUT2D eigenvalue weighted by Crippen LogP contribution is 2.25. The number of methoxy groups -OCH3 is 1. The summed E-state index contributed by atoms with van der Waals surface area (Å²) in [5, 5.41) is 4.59. The molecule has 4 nitrogen and oxygen atoms in total. The van der Waals surface area contributed by atoms with Gasteiger partial charge in [-0.05, 0) is 31.2 Å². The number of hydrogen-bond donors (Lipinski definition) is 1. The van der Waals surface area contributed by atoms with Gasteiger partial charge in [0, 0.05) is 11.6 Å². The van der Waals surface area contributed by atoms with Crippen LogP contribution < -0.4 is 10.5 Å². The second kappa shape index (κ2) is 5.32. The van der Waals surface area contributed by atoms with E-state index in [0.29, 0.717) is 5.82 Å². The third kappa shape index (κ3) is 2.60. The Bertz CT molecular complexity index is 760. The maximum atomic E-state index is 6.09. The fourth-order valence-electron chi connectivity index (χ4n) is 2.21. The molecule has 0 spiro atoms. The number of nitrogen functional groups attached to an aromatic ring is 1. The van der Waals surface area contributed by atoms with Crippen molar-refractivity contribution in [2.24, 2.45) is 0 Å². The molecule has 0 atom stereocenters. The van der Waals surface area contributed by atoms with Gasteiger partial charge in [-0.2, -0.15) is 5.10 Å². The van der Waals surface area contributed by atoms with Gasteiger partial charge in [0.15, 0.2) is 0 Å². The Labute approximate surface area is 123 Å². The van der Waals surface area contributed by atoms with Gasteiger partial charge in [0.2, 0.25) is 0 Å². The summed E-state index contributed by atoms with van der Waals surface area (Å²) >= 11 is 0. The van der Waals surface area contributed by atoms with Crippen molar-refractivity contribution in [3.63, 3.8) is 0 Å². The maximum absolute atomic E-state index is 6.09. The van der Waals surface area contributed by atoms with Crippen LogP contribution in [0.25, 0.3) is 16.9 Å². The lowest BCUT2D eigenvalue weighted by Gasteiger charge is -2.04. The molecule has 106 valence electrons. The molecule has 0 saturated heterocycles. The summed E-state index contributed by atoms with van der Waals surface area (Å²) in [7, 11) is 1.65. The second-order valence-corrected chi connectivity index (χ2v) is 4.93. The van der Waals surface area contributed by atoms with Crippen LogP contribution in [0.15, 0.2) is 54.6 Å². The fraction of sp³-hybridized carbons (Fsp3) is 0.118. The molecule has 2 aromatic carbocycles. The van der Waals surface area contributed by atoms with Crippen LogP contribution in [0.4, 0.5) is 5.82 Å². The molecule has 1 heterocycles. The average Bonchev–Trinajstić information content (AvgIpc) is 2.90. The summed E-state index contributed by atoms with van der Waals surface area (Å²) in [6, 6.07) is 17.8. The number of benzene rings is 2. The van der Waals surface area contributed by atoms with Crippen LogP contribution >= 0.6 is 0 Å². The number of aromatic nitrogens is 2. The van der Waals surface area contributed by atoms with Crippen molar-refractivity contribution < 1.29 is 4.74 Å². The van der Waals surface area contributed by atoms with E-state index in [1.807, 2.05) is 54.6 Å². The van der Waals surface area contributed by atoms with E-state index in [2.05, 4.69) is 12.0 Å². The number of hydrogen-bond acceptors (Lipinski definition) is 3. The molecule has 3 rings (SSSR count). The lowest BCUT2D eigenvalue weighted by Crippen LogP contribution is -2.01. The third-order valence-corrected chi connectivity index (χ3v) is 3.38. The normalized spacial score (nSPS) is 10.6. The van der Waals surface area contributed by atoms with Crippen LogP contribution in [-0.4, -0.2) is 16.9 Å². The number of ether oxygens (including phenoxy) is 1. The zero-order valence-corrected chi connectivity index (χ0v) is 12.1. The lowest BCUT2D eigenvalue weighted by molar-refractivity contribution is 0.415. The zero-order valence-electron chi connectivity index (χ0n) is 12.1. The predicted octanol–water partition coefficient (Wildman–Crippen LogP) is 3.44. The van der Waals surface area contributed by atoms with Gasteiger partial charge >= 0.3 is 0 Å². The molecule has 0 amide bonds. The molecule has 4 heteroatoms. The Hall–Kier alpha value is -2.75. The van der Waals surface area contributed by atoms with E-state index >= 15 is 0 Å². The Balaban J connectivity index is 2.02. The number of anilines is 1. The SMILES string of the molecule is COc1cccc(-c2cc(N)n(-c3ccc(C)cc3)n2)c1. The van der Waals surface area contributed by atoms with Gasteiger partial charge in [0.25, 0.3) is 0 Å². The Morgan fingerprint density at radius 1 is 1.05 bits per heavy atom. The van der Waals surface area contributed by atoms with Crippen molar-refractivity contribution >= 4 is 5.82 Å². The largest absolute Gasteiger partial charge is 0.497 e. The first-order valence-corrected chi connectivity index (χ1v) is 6.74. The Morgan fingerprint density at radius 3 is 2.52 bits per heavy atom. The molecule has 0 unspecified atom stereocenters. The first kappa shape index (κ1) is 13.2. The maximum Gasteiger partial charge on any atom is 0.127 e. The predicted molar refractivity (Wildman–Crippen MR) is 84.7 cm³/mol. The monoisotopic (exact) mass is 279 g/mol. The van der Waals surface area contributed by atoms with Crippen LogP contribution in [0, 0.1) is 6.92 Å². The fourth-order valence-corrected chi connectivity index (χ4v) is 2.21. The molecule has 2 N–H and O–H groups in total. The minimum absolute atomic E-state index is 0.608. The Morgan fingerprint density at radius 2 is 1.81 bits per heavy atom. The van der Waals surface area contributed by atoms with Crippen LogP contribution in [0.2, 0.25) is 0 Å². The van der Waals surface area contributed by atoms with E-state index in [0.717, 1.165) is 22.7 Å². The van der Waals surface area contributed by atoms with Crippen LogP contribution in [0.5, 0.6) is 5.75 Å². The van der Waals surface area contributed by atoms with Gasteiger partial charge in [-0.1, -0.05) is 29.8 Å². The standard InChI is InChI=1S/C17H17N3O/c1-12-6-8-14(9-7-12)20-17(18)11-16(19-20)13-4-3-5-15(10-13)21-2/h3-11H,18H2,1-2H3. The summed E-state index contributed by atoms with van der Waals surface area (Å²) in [6.45, 7) is 2.05. The molecule has 0 radical (unpaired) electrons.